The number of piperidine rings is 5. The number of esters is 1. The van der Waals surface area contributed by atoms with Crippen LogP contribution in [0.25, 0.3) is 0 Å². The molecular formula is C62H103N9O8. The lowest BCUT2D eigenvalue weighted by atomic mass is 9.57. The third-order valence-corrected chi connectivity index (χ3v) is 23.0. The number of hydrogen-bond acceptors (Lipinski definition) is 14. The molecular weight excluding hydrogens is 999 g/mol. The number of fused-ring (bicyclic) bond motifs is 7. The van der Waals surface area contributed by atoms with Crippen LogP contribution in [0.2, 0.25) is 0 Å². The molecule has 5 saturated heterocycles. The average molecular weight is 1100 g/mol. The molecule has 17 heteroatoms. The van der Waals surface area contributed by atoms with E-state index in [9.17, 15) is 24.0 Å². The summed E-state index contributed by atoms with van der Waals surface area (Å²) in [4.78, 5) is 72.9. The zero-order valence-electron chi connectivity index (χ0n) is 49.3. The molecule has 0 spiro atoms. The first kappa shape index (κ1) is 58.0. The van der Waals surface area contributed by atoms with Crippen molar-refractivity contribution in [1.29, 1.82) is 0 Å². The highest BCUT2D eigenvalue weighted by Crippen LogP contribution is 2.52. The molecule has 4 amide bonds. The first-order chi connectivity index (χ1) is 38.0. The van der Waals surface area contributed by atoms with E-state index in [1.165, 1.54) is 38.5 Å². The number of hydrogen-bond donors (Lipinski definition) is 7. The minimum absolute atomic E-state index is 0.0367. The van der Waals surface area contributed by atoms with Gasteiger partial charge in [-0.3, -0.25) is 39.5 Å². The van der Waals surface area contributed by atoms with E-state index in [-0.39, 0.29) is 114 Å². The van der Waals surface area contributed by atoms with Crippen LogP contribution in [0.4, 0.5) is 0 Å². The number of imide groups is 1. The number of amides is 4. The topological polar surface area (TPSA) is 204 Å². The van der Waals surface area contributed by atoms with Gasteiger partial charge in [-0.25, -0.2) is 0 Å². The zero-order valence-corrected chi connectivity index (χ0v) is 49.3. The molecule has 0 aromatic carbocycles. The number of methoxy groups -OCH3 is 2. The molecule has 11 rings (SSSR count). The smallest absolute Gasteiger partial charge is 0.309 e. The third-order valence-electron chi connectivity index (χ3n) is 23.0. The Hall–Kier alpha value is -2.77. The number of likely N-dealkylation sites (N-methyl/N-ethyl adjacent to an activating group) is 1. The number of rotatable bonds is 15. The van der Waals surface area contributed by atoms with Crippen LogP contribution in [-0.4, -0.2) is 166 Å². The molecule has 6 aliphatic carbocycles. The fourth-order valence-corrected chi connectivity index (χ4v) is 19.0. The summed E-state index contributed by atoms with van der Waals surface area (Å²) in [6.45, 7) is 8.06. The Bertz CT molecular complexity index is 2140. The number of ether oxygens (including phenoxy) is 3. The summed E-state index contributed by atoms with van der Waals surface area (Å²) in [5, 5.41) is 26.8. The van der Waals surface area contributed by atoms with Crippen molar-refractivity contribution in [3.8, 4) is 0 Å². The standard InChI is InChI=1S/C62H103N9O8/c1-62(2,3)79-61(76)37-13-11-34(12-14-37)33-71-59(74)43-10-8-9-42-45(24-21-44(51(42)43)60(71)75)63-27-28-65-58(73)47-23-20-36-16-18-40-30-41-29-39-17-15-35-19-22-46(66-52(35)54(39)68-56(41)69-55(40)53(36)67-47)57(72)64-26-25-38-31-50(78-7)48(70(4)5)32-49(38)77-6/h34-56,63,66-69H,8-33H2,1-7H3,(H,64,72)(H,65,73). The predicted molar refractivity (Wildman–Crippen MR) is 302 cm³/mol. The second kappa shape index (κ2) is 24.8. The number of likely N-dealkylation sites (tertiary alicyclic amines) is 1. The average Bonchev–Trinajstić information content (AvgIpc) is 3.56. The quantitative estimate of drug-likeness (QED) is 0.0666. The van der Waals surface area contributed by atoms with E-state index < -0.39 is 5.60 Å². The van der Waals surface area contributed by atoms with Crippen LogP contribution in [0.5, 0.6) is 0 Å². The molecule has 11 aliphatic rings. The molecule has 5 heterocycles. The van der Waals surface area contributed by atoms with Gasteiger partial charge in [0.05, 0.1) is 36.4 Å². The van der Waals surface area contributed by atoms with Crippen LogP contribution < -0.4 is 37.2 Å². The SMILES string of the molecule is COC1CC(N(C)C)C(OC)CC1CCNC(=O)C1CCC2CCC3CC4CC5CCC6CCC(C(=O)NCCNC7CCC8C(=O)N(CC9CCC(C(=O)OC(C)(C)C)CC9)C(=O)C9CCCC7C98)NC6C5NC4NC3C2N1. The van der Waals surface area contributed by atoms with Crippen molar-refractivity contribution in [3.63, 3.8) is 0 Å². The van der Waals surface area contributed by atoms with Crippen molar-refractivity contribution < 1.29 is 38.2 Å². The molecule has 444 valence electrons. The van der Waals surface area contributed by atoms with Gasteiger partial charge in [-0.2, -0.15) is 0 Å². The Labute approximate surface area is 472 Å². The Balaban J connectivity index is 0.631. The van der Waals surface area contributed by atoms with Crippen LogP contribution in [0, 0.1) is 71.0 Å². The van der Waals surface area contributed by atoms with E-state index in [4.69, 9.17) is 14.2 Å². The maximum atomic E-state index is 14.2. The minimum Gasteiger partial charge on any atom is -0.460 e. The molecule has 0 aromatic heterocycles. The van der Waals surface area contributed by atoms with Crippen LogP contribution in [-0.2, 0) is 38.2 Å². The summed E-state index contributed by atoms with van der Waals surface area (Å²) in [6.07, 6.45) is 22.4. The van der Waals surface area contributed by atoms with Crippen LogP contribution in [0.15, 0.2) is 0 Å². The highest BCUT2D eigenvalue weighted by molar-refractivity contribution is 6.00. The van der Waals surface area contributed by atoms with Crippen molar-refractivity contribution in [2.24, 2.45) is 71.0 Å². The molecule has 11 fully saturated rings. The van der Waals surface area contributed by atoms with Gasteiger partial charge in [-0.1, -0.05) is 6.42 Å². The molecule has 21 unspecified atom stereocenters. The lowest BCUT2D eigenvalue weighted by Crippen LogP contribution is -2.75. The molecule has 0 aromatic rings. The fraction of sp³-hybridized carbons (Fsp3) is 0.919. The van der Waals surface area contributed by atoms with Crippen molar-refractivity contribution in [1.82, 2.24) is 47.0 Å². The number of carbonyl (C=O) groups excluding carboxylic acids is 5. The summed E-state index contributed by atoms with van der Waals surface area (Å²) in [5.74, 6) is 3.77. The number of carbonyl (C=O) groups is 5. The lowest BCUT2D eigenvalue weighted by Gasteiger charge is -2.58. The second-order valence-electron chi connectivity index (χ2n) is 28.7. The van der Waals surface area contributed by atoms with Gasteiger partial charge in [0.15, 0.2) is 0 Å². The van der Waals surface area contributed by atoms with E-state index in [0.717, 1.165) is 103 Å². The Morgan fingerprint density at radius 1 is 0.608 bits per heavy atom. The molecule has 0 bridgehead atoms. The van der Waals surface area contributed by atoms with E-state index >= 15 is 0 Å². The Morgan fingerprint density at radius 3 is 1.77 bits per heavy atom. The highest BCUT2D eigenvalue weighted by atomic mass is 16.6. The maximum Gasteiger partial charge on any atom is 0.309 e. The van der Waals surface area contributed by atoms with Crippen LogP contribution >= 0.6 is 0 Å². The molecule has 5 aliphatic heterocycles. The fourth-order valence-electron chi connectivity index (χ4n) is 19.0. The van der Waals surface area contributed by atoms with Gasteiger partial charge in [-0.15, -0.1) is 0 Å². The van der Waals surface area contributed by atoms with Crippen LogP contribution in [0.1, 0.15) is 162 Å². The second-order valence-corrected chi connectivity index (χ2v) is 28.7. The van der Waals surface area contributed by atoms with E-state index in [2.05, 4.69) is 56.2 Å². The van der Waals surface area contributed by atoms with Crippen LogP contribution in [0.3, 0.4) is 0 Å². The summed E-state index contributed by atoms with van der Waals surface area (Å²) in [6, 6.07) is 1.36. The first-order valence-electron chi connectivity index (χ1n) is 32.2. The zero-order chi connectivity index (χ0) is 55.3. The Morgan fingerprint density at radius 2 is 1.18 bits per heavy atom. The maximum absolute atomic E-state index is 14.2. The number of nitrogens with zero attached hydrogens (tertiary/aromatic N) is 2. The van der Waals surface area contributed by atoms with Gasteiger partial charge in [-0.05, 0) is 223 Å². The first-order valence-corrected chi connectivity index (χ1v) is 32.2. The summed E-state index contributed by atoms with van der Waals surface area (Å²) in [5.41, 5.74) is -0.503. The molecule has 0 radical (unpaired) electrons. The number of nitrogens with one attached hydrogen (secondary N) is 7. The third kappa shape index (κ3) is 12.4. The van der Waals surface area contributed by atoms with Gasteiger partial charge in [0, 0.05) is 88.5 Å². The monoisotopic (exact) mass is 1100 g/mol. The van der Waals surface area contributed by atoms with Gasteiger partial charge >= 0.3 is 5.97 Å². The van der Waals surface area contributed by atoms with Gasteiger partial charge in [0.2, 0.25) is 23.6 Å². The van der Waals surface area contributed by atoms with Crippen molar-refractivity contribution >= 4 is 29.6 Å². The normalized spacial score (nSPS) is 43.9. The Kier molecular flexibility index (Phi) is 18.2. The van der Waals surface area contributed by atoms with Gasteiger partial charge < -0.3 is 45.7 Å². The van der Waals surface area contributed by atoms with Crippen molar-refractivity contribution in [3.05, 3.63) is 0 Å². The minimum atomic E-state index is -0.503. The summed E-state index contributed by atoms with van der Waals surface area (Å²) >= 11 is 0. The van der Waals surface area contributed by atoms with E-state index in [0.29, 0.717) is 79.8 Å². The summed E-state index contributed by atoms with van der Waals surface area (Å²) < 4.78 is 17.6. The molecule has 79 heavy (non-hydrogen) atoms. The predicted octanol–water partition coefficient (Wildman–Crippen LogP) is 4.86. The van der Waals surface area contributed by atoms with Crippen molar-refractivity contribution in [2.45, 2.75) is 234 Å². The van der Waals surface area contributed by atoms with E-state index in [1.807, 2.05) is 35.0 Å². The molecule has 21 atom stereocenters. The summed E-state index contributed by atoms with van der Waals surface area (Å²) in [7, 11) is 7.86. The van der Waals surface area contributed by atoms with Crippen molar-refractivity contribution in [2.75, 3.05) is 54.5 Å². The lowest BCUT2D eigenvalue weighted by molar-refractivity contribution is -0.169. The van der Waals surface area contributed by atoms with E-state index in [1.54, 1.807) is 4.90 Å². The molecule has 7 N–H and O–H groups in total. The highest BCUT2D eigenvalue weighted by Gasteiger charge is 2.57. The van der Waals surface area contributed by atoms with Gasteiger partial charge in [0.25, 0.3) is 0 Å². The largest absolute Gasteiger partial charge is 0.460 e. The molecule has 6 saturated carbocycles. The molecule has 17 nitrogen and oxygen atoms in total. The van der Waals surface area contributed by atoms with Gasteiger partial charge in [0.1, 0.15) is 5.60 Å².